The van der Waals surface area contributed by atoms with Crippen molar-refractivity contribution in [2.75, 3.05) is 26.9 Å². The van der Waals surface area contributed by atoms with Gasteiger partial charge in [-0.3, -0.25) is 0 Å². The number of rotatable bonds is 8. The van der Waals surface area contributed by atoms with Crippen LogP contribution in [0.1, 0.15) is 19.4 Å². The maximum absolute atomic E-state index is 12.0. The largest absolute Gasteiger partial charge is 0.496 e. The molecule has 35 heavy (non-hydrogen) atoms. The van der Waals surface area contributed by atoms with Crippen molar-refractivity contribution in [3.8, 4) is 17.2 Å². The van der Waals surface area contributed by atoms with Crippen molar-refractivity contribution in [2.24, 2.45) is 0 Å². The molecular weight excluding hydrogens is 468 g/mol. The number of methoxy groups -OCH3 is 1. The highest BCUT2D eigenvalue weighted by Gasteiger charge is 2.46. The lowest BCUT2D eigenvalue weighted by Gasteiger charge is -2.42. The molecule has 194 valence electrons. The fourth-order valence-corrected chi connectivity index (χ4v) is 4.18. The number of hydrogen-bond acceptors (Lipinski definition) is 12. The first kappa shape index (κ1) is 25.6. The molecule has 0 radical (unpaired) electrons. The Morgan fingerprint density at radius 2 is 1.89 bits per heavy atom. The Bertz CT molecular complexity index is 1100. The predicted molar refractivity (Wildman–Crippen MR) is 119 cm³/mol. The van der Waals surface area contributed by atoms with E-state index >= 15 is 0 Å². The highest BCUT2D eigenvalue weighted by Crippen LogP contribution is 2.48. The number of fused-ring (bicyclic) bond motifs is 2. The molecule has 2 aliphatic heterocycles. The summed E-state index contributed by atoms with van der Waals surface area (Å²) in [6, 6.07) is 2.82. The SMILES string of the molecule is COc1c2c(c(OC[C@@H](O[C@H]3O[C@H](CO)[C@@H](O)[C@H](O)[C@H]3O)C(C)(C)O)c3oc(=O)ccc13)OCC2. The summed E-state index contributed by atoms with van der Waals surface area (Å²) in [6.07, 6.45) is -8.14. The Labute approximate surface area is 200 Å². The maximum Gasteiger partial charge on any atom is 0.336 e. The first-order valence-electron chi connectivity index (χ1n) is 11.2. The molecule has 2 aromatic rings. The molecule has 1 aromatic heterocycles. The van der Waals surface area contributed by atoms with Gasteiger partial charge in [-0.25, -0.2) is 4.79 Å². The zero-order chi connectivity index (χ0) is 25.5. The Balaban J connectivity index is 1.64. The fourth-order valence-electron chi connectivity index (χ4n) is 4.18. The van der Waals surface area contributed by atoms with Gasteiger partial charge in [0.05, 0.1) is 31.3 Å². The van der Waals surface area contributed by atoms with Gasteiger partial charge in [0, 0.05) is 18.1 Å². The third-order valence-corrected chi connectivity index (χ3v) is 6.16. The molecular formula is C23H30O12. The van der Waals surface area contributed by atoms with Crippen LogP contribution in [-0.2, 0) is 15.9 Å². The third kappa shape index (κ3) is 4.83. The number of benzene rings is 1. The molecule has 0 unspecified atom stereocenters. The van der Waals surface area contributed by atoms with Crippen molar-refractivity contribution in [1.82, 2.24) is 0 Å². The van der Waals surface area contributed by atoms with Gasteiger partial charge < -0.3 is 53.6 Å². The summed E-state index contributed by atoms with van der Waals surface area (Å²) in [5.74, 6) is 0.962. The van der Waals surface area contributed by atoms with E-state index in [-0.39, 0.29) is 17.9 Å². The minimum atomic E-state index is -1.66. The van der Waals surface area contributed by atoms with E-state index in [1.54, 1.807) is 6.07 Å². The summed E-state index contributed by atoms with van der Waals surface area (Å²) in [5, 5.41) is 51.0. The van der Waals surface area contributed by atoms with Crippen LogP contribution in [0.2, 0.25) is 0 Å². The zero-order valence-electron chi connectivity index (χ0n) is 19.5. The first-order valence-corrected chi connectivity index (χ1v) is 11.2. The minimum Gasteiger partial charge on any atom is -0.496 e. The van der Waals surface area contributed by atoms with E-state index in [1.807, 2.05) is 0 Å². The van der Waals surface area contributed by atoms with Crippen molar-refractivity contribution in [2.45, 2.75) is 62.7 Å². The zero-order valence-corrected chi connectivity index (χ0v) is 19.5. The van der Waals surface area contributed by atoms with Gasteiger partial charge in [0.25, 0.3) is 0 Å². The van der Waals surface area contributed by atoms with Crippen molar-refractivity contribution >= 4 is 11.0 Å². The van der Waals surface area contributed by atoms with Gasteiger partial charge in [-0.1, -0.05) is 0 Å². The second kappa shape index (κ2) is 9.90. The number of hydrogen-bond donors (Lipinski definition) is 5. The molecule has 4 rings (SSSR count). The molecule has 5 N–H and O–H groups in total. The second-order valence-electron chi connectivity index (χ2n) is 9.05. The summed E-state index contributed by atoms with van der Waals surface area (Å²) in [5.41, 5.74) is -1.32. The van der Waals surface area contributed by atoms with Gasteiger partial charge in [-0.15, -0.1) is 0 Å². The third-order valence-electron chi connectivity index (χ3n) is 6.16. The molecule has 1 aromatic carbocycles. The lowest BCUT2D eigenvalue weighted by molar-refractivity contribution is -0.323. The molecule has 0 spiro atoms. The molecule has 0 aliphatic carbocycles. The van der Waals surface area contributed by atoms with Gasteiger partial charge in [0.15, 0.2) is 17.6 Å². The van der Waals surface area contributed by atoms with E-state index in [0.717, 1.165) is 5.56 Å². The molecule has 6 atom stereocenters. The van der Waals surface area contributed by atoms with E-state index < -0.39 is 54.6 Å². The van der Waals surface area contributed by atoms with Crippen molar-refractivity contribution < 1.29 is 53.6 Å². The van der Waals surface area contributed by atoms with Crippen LogP contribution < -0.4 is 19.8 Å². The average Bonchev–Trinajstić information content (AvgIpc) is 3.29. The average molecular weight is 498 g/mol. The highest BCUT2D eigenvalue weighted by molar-refractivity contribution is 5.93. The number of aliphatic hydroxyl groups is 5. The van der Waals surface area contributed by atoms with E-state index in [4.69, 9.17) is 28.1 Å². The van der Waals surface area contributed by atoms with Crippen molar-refractivity contribution in [1.29, 1.82) is 0 Å². The van der Waals surface area contributed by atoms with Gasteiger partial charge in [-0.05, 0) is 19.9 Å². The maximum atomic E-state index is 12.0. The van der Waals surface area contributed by atoms with E-state index in [9.17, 15) is 30.3 Å². The minimum absolute atomic E-state index is 0.0948. The van der Waals surface area contributed by atoms with E-state index in [1.165, 1.54) is 27.0 Å². The summed E-state index contributed by atoms with van der Waals surface area (Å²) >= 11 is 0. The van der Waals surface area contributed by atoms with Crippen molar-refractivity contribution in [3.63, 3.8) is 0 Å². The van der Waals surface area contributed by atoms with Crippen LogP contribution in [0.15, 0.2) is 21.3 Å². The Morgan fingerprint density at radius 1 is 1.14 bits per heavy atom. The van der Waals surface area contributed by atoms with Crippen LogP contribution in [-0.4, -0.2) is 94.9 Å². The molecule has 0 saturated carbocycles. The Hall–Kier alpha value is -2.45. The van der Waals surface area contributed by atoms with Crippen LogP contribution in [0.4, 0.5) is 0 Å². The van der Waals surface area contributed by atoms with Gasteiger partial charge in [-0.2, -0.15) is 0 Å². The quantitative estimate of drug-likeness (QED) is 0.283. The van der Waals surface area contributed by atoms with Crippen LogP contribution in [0.25, 0.3) is 11.0 Å². The monoisotopic (exact) mass is 498 g/mol. The molecule has 1 saturated heterocycles. The molecule has 0 bridgehead atoms. The summed E-state index contributed by atoms with van der Waals surface area (Å²) in [7, 11) is 1.50. The van der Waals surface area contributed by atoms with Crippen LogP contribution >= 0.6 is 0 Å². The van der Waals surface area contributed by atoms with Crippen LogP contribution in [0, 0.1) is 0 Å². The number of ether oxygens (including phenoxy) is 5. The smallest absolute Gasteiger partial charge is 0.336 e. The van der Waals surface area contributed by atoms with Crippen molar-refractivity contribution in [3.05, 3.63) is 28.1 Å². The van der Waals surface area contributed by atoms with E-state index in [2.05, 4.69) is 0 Å². The fraction of sp³-hybridized carbons (Fsp3) is 0.609. The molecule has 12 heteroatoms. The second-order valence-corrected chi connectivity index (χ2v) is 9.05. The summed E-state index contributed by atoms with van der Waals surface area (Å²) < 4.78 is 33.8. The first-order chi connectivity index (χ1) is 16.6. The topological polar surface area (TPSA) is 178 Å². The number of aliphatic hydroxyl groups excluding tert-OH is 4. The molecule has 3 heterocycles. The Morgan fingerprint density at radius 3 is 2.54 bits per heavy atom. The standard InChI is InChI=1S/C23H30O12/c1-23(2,29)13(34-22-17(28)16(27)15(26)12(8-24)33-22)9-32-21-19-11(6-7-31-19)18(30-3)10-4-5-14(25)35-20(10)21/h4-5,12-13,15-17,22,24,26-29H,6-9H2,1-3H3/t12-,13-,15-,16+,17-,22-/m1/s1. The van der Waals surface area contributed by atoms with Crippen LogP contribution in [0.3, 0.4) is 0 Å². The summed E-state index contributed by atoms with van der Waals surface area (Å²) in [4.78, 5) is 12.0. The van der Waals surface area contributed by atoms with Gasteiger partial charge in [0.1, 0.15) is 42.9 Å². The summed E-state index contributed by atoms with van der Waals surface area (Å²) in [6.45, 7) is 2.30. The molecule has 1 fully saturated rings. The van der Waals surface area contributed by atoms with Crippen LogP contribution in [0.5, 0.6) is 17.2 Å². The van der Waals surface area contributed by atoms with Gasteiger partial charge >= 0.3 is 5.63 Å². The van der Waals surface area contributed by atoms with Gasteiger partial charge in [0.2, 0.25) is 5.75 Å². The lowest BCUT2D eigenvalue weighted by atomic mass is 9.98. The lowest BCUT2D eigenvalue weighted by Crippen LogP contribution is -2.61. The normalized spacial score (nSPS) is 27.4. The molecule has 0 amide bonds. The van der Waals surface area contributed by atoms with E-state index in [0.29, 0.717) is 29.9 Å². The highest BCUT2D eigenvalue weighted by atomic mass is 16.7. The Kier molecular flexibility index (Phi) is 7.25. The predicted octanol–water partition coefficient (Wildman–Crippen LogP) is -0.929. The molecule has 2 aliphatic rings. The molecule has 12 nitrogen and oxygen atoms in total.